The third kappa shape index (κ3) is 3.67. The van der Waals surface area contributed by atoms with E-state index in [1.54, 1.807) is 0 Å². The first-order valence-electron chi connectivity index (χ1n) is 9.54. The lowest BCUT2D eigenvalue weighted by atomic mass is 9.78. The van der Waals surface area contributed by atoms with Crippen LogP contribution < -0.4 is 11.2 Å². The van der Waals surface area contributed by atoms with E-state index in [9.17, 15) is 19.8 Å². The normalized spacial score (nSPS) is 29.0. The van der Waals surface area contributed by atoms with Crippen LogP contribution in [0.4, 0.5) is 0 Å². The predicted molar refractivity (Wildman–Crippen MR) is 105 cm³/mol. The monoisotopic (exact) mass is 422 g/mol. The van der Waals surface area contributed by atoms with E-state index in [2.05, 4.69) is 11.1 Å². The SMILES string of the molecule is O=c1ccn([C@@H]2OC[C@@H](O)[C@]3(Cc4ccc(CCCCl)cc4CO3)[C@H]2O)c(=O)[nH]1. The van der Waals surface area contributed by atoms with Gasteiger partial charge in [-0.15, -0.1) is 11.6 Å². The molecule has 9 heteroatoms. The molecule has 4 rings (SSSR count). The molecule has 156 valence electrons. The van der Waals surface area contributed by atoms with Crippen LogP contribution in [0.2, 0.25) is 0 Å². The zero-order valence-electron chi connectivity index (χ0n) is 15.7. The van der Waals surface area contributed by atoms with E-state index in [1.165, 1.54) is 12.3 Å². The first kappa shape index (κ1) is 20.3. The molecule has 0 unspecified atom stereocenters. The van der Waals surface area contributed by atoms with Gasteiger partial charge in [-0.3, -0.25) is 14.3 Å². The van der Waals surface area contributed by atoms with E-state index in [-0.39, 0.29) is 19.6 Å². The number of hydrogen-bond donors (Lipinski definition) is 3. The van der Waals surface area contributed by atoms with Crippen molar-refractivity contribution in [3.05, 3.63) is 68.0 Å². The lowest BCUT2D eigenvalue weighted by Gasteiger charge is -2.50. The fraction of sp³-hybridized carbons (Fsp3) is 0.500. The van der Waals surface area contributed by atoms with E-state index in [0.717, 1.165) is 34.1 Å². The standard InChI is InChI=1S/C20H23ClN2O6/c21-6-1-2-12-3-4-13-9-20(29-10-14(13)8-12)15(24)11-28-18(17(20)26)23-7-5-16(25)22-19(23)27/h3-5,7-8,15,17-18,24,26H,1-2,6,9-11H2,(H,22,25,27)/t15-,17+,18-,20-/m1/s1. The van der Waals surface area contributed by atoms with Crippen LogP contribution in [0.3, 0.4) is 0 Å². The molecule has 1 aromatic heterocycles. The highest BCUT2D eigenvalue weighted by atomic mass is 35.5. The molecule has 0 aliphatic carbocycles. The van der Waals surface area contributed by atoms with Crippen LogP contribution >= 0.6 is 11.6 Å². The highest BCUT2D eigenvalue weighted by Crippen LogP contribution is 2.41. The van der Waals surface area contributed by atoms with Gasteiger partial charge < -0.3 is 19.7 Å². The largest absolute Gasteiger partial charge is 0.388 e. The first-order valence-corrected chi connectivity index (χ1v) is 10.1. The van der Waals surface area contributed by atoms with Crippen molar-refractivity contribution < 1.29 is 19.7 Å². The summed E-state index contributed by atoms with van der Waals surface area (Å²) in [5.41, 5.74) is 0.579. The summed E-state index contributed by atoms with van der Waals surface area (Å²) in [5, 5.41) is 21.7. The number of fused-ring (bicyclic) bond motifs is 1. The van der Waals surface area contributed by atoms with E-state index in [4.69, 9.17) is 21.1 Å². The first-order chi connectivity index (χ1) is 13.9. The third-order valence-corrected chi connectivity index (χ3v) is 5.99. The molecule has 29 heavy (non-hydrogen) atoms. The number of rotatable bonds is 4. The number of nitrogens with one attached hydrogen (secondary N) is 1. The van der Waals surface area contributed by atoms with Crippen LogP contribution in [0.5, 0.6) is 0 Å². The average Bonchev–Trinajstić information content (AvgIpc) is 2.71. The Kier molecular flexibility index (Phi) is 5.63. The molecule has 1 fully saturated rings. The summed E-state index contributed by atoms with van der Waals surface area (Å²) in [4.78, 5) is 25.6. The number of aliphatic hydroxyl groups excluding tert-OH is 2. The van der Waals surface area contributed by atoms with Crippen LogP contribution in [0, 0.1) is 0 Å². The second-order valence-electron chi connectivity index (χ2n) is 7.52. The Morgan fingerprint density at radius 1 is 1.24 bits per heavy atom. The lowest BCUT2D eigenvalue weighted by Crippen LogP contribution is -2.65. The van der Waals surface area contributed by atoms with Crippen LogP contribution in [-0.2, 0) is 28.9 Å². The summed E-state index contributed by atoms with van der Waals surface area (Å²) in [6.45, 7) is 0.113. The van der Waals surface area contributed by atoms with E-state index >= 15 is 0 Å². The molecule has 2 aromatic rings. The predicted octanol–water partition coefficient (Wildman–Crippen LogP) is 0.470. The van der Waals surface area contributed by atoms with Gasteiger partial charge in [0.1, 0.15) is 17.8 Å². The van der Waals surface area contributed by atoms with Crippen LogP contribution in [0.25, 0.3) is 0 Å². The zero-order valence-corrected chi connectivity index (χ0v) is 16.5. The molecule has 4 atom stereocenters. The van der Waals surface area contributed by atoms with Crippen molar-refractivity contribution >= 4 is 11.6 Å². The summed E-state index contributed by atoms with van der Waals surface area (Å²) < 4.78 is 12.7. The van der Waals surface area contributed by atoms with Gasteiger partial charge in [0.25, 0.3) is 5.56 Å². The molecule has 0 radical (unpaired) electrons. The van der Waals surface area contributed by atoms with Crippen molar-refractivity contribution in [3.8, 4) is 0 Å². The van der Waals surface area contributed by atoms with Crippen molar-refractivity contribution in [2.75, 3.05) is 12.5 Å². The van der Waals surface area contributed by atoms with Gasteiger partial charge in [0, 0.05) is 24.6 Å². The van der Waals surface area contributed by atoms with Gasteiger partial charge in [-0.05, 0) is 29.5 Å². The average molecular weight is 423 g/mol. The minimum Gasteiger partial charge on any atom is -0.388 e. The number of ether oxygens (including phenoxy) is 2. The quantitative estimate of drug-likeness (QED) is 0.617. The Bertz CT molecular complexity index is 1000. The van der Waals surface area contributed by atoms with Gasteiger partial charge in [-0.25, -0.2) is 4.79 Å². The maximum atomic E-state index is 12.2. The molecule has 1 saturated heterocycles. The molecule has 3 N–H and O–H groups in total. The highest BCUT2D eigenvalue weighted by Gasteiger charge is 2.55. The fourth-order valence-electron chi connectivity index (χ4n) is 4.10. The third-order valence-electron chi connectivity index (χ3n) is 5.72. The molecule has 0 amide bonds. The van der Waals surface area contributed by atoms with Crippen molar-refractivity contribution in [1.82, 2.24) is 9.55 Å². The Hall–Kier alpha value is -1.97. The topological polar surface area (TPSA) is 114 Å². The number of aliphatic hydroxyl groups is 2. The molecule has 0 bridgehead atoms. The number of halogens is 1. The van der Waals surface area contributed by atoms with Crippen molar-refractivity contribution in [3.63, 3.8) is 0 Å². The summed E-state index contributed by atoms with van der Waals surface area (Å²) in [6.07, 6.45) is -0.186. The number of nitrogens with zero attached hydrogens (tertiary/aromatic N) is 1. The second-order valence-corrected chi connectivity index (χ2v) is 7.90. The van der Waals surface area contributed by atoms with Gasteiger partial charge in [-0.1, -0.05) is 18.2 Å². The number of H-pyrrole nitrogens is 1. The maximum Gasteiger partial charge on any atom is 0.330 e. The number of hydrogen-bond acceptors (Lipinski definition) is 6. The molecule has 1 aromatic carbocycles. The molecular weight excluding hydrogens is 400 g/mol. The summed E-state index contributed by atoms with van der Waals surface area (Å²) in [7, 11) is 0. The Labute approximate surface area is 171 Å². The molecular formula is C20H23ClN2O6. The summed E-state index contributed by atoms with van der Waals surface area (Å²) in [5.74, 6) is 0.598. The van der Waals surface area contributed by atoms with Gasteiger partial charge >= 0.3 is 5.69 Å². The van der Waals surface area contributed by atoms with Gasteiger partial charge in [0.2, 0.25) is 0 Å². The van der Waals surface area contributed by atoms with Crippen LogP contribution in [-0.4, -0.2) is 50.1 Å². The van der Waals surface area contributed by atoms with Crippen molar-refractivity contribution in [1.29, 1.82) is 0 Å². The number of aryl methyl sites for hydroxylation is 1. The Morgan fingerprint density at radius 3 is 2.83 bits per heavy atom. The molecule has 2 aliphatic heterocycles. The fourth-order valence-corrected chi connectivity index (χ4v) is 4.23. The number of aromatic nitrogens is 2. The zero-order chi connectivity index (χ0) is 20.6. The number of aromatic amines is 1. The molecule has 2 aliphatic rings. The Balaban J connectivity index is 1.64. The second kappa shape index (κ2) is 8.04. The van der Waals surface area contributed by atoms with E-state index in [0.29, 0.717) is 5.88 Å². The van der Waals surface area contributed by atoms with E-state index in [1.807, 2.05) is 12.1 Å². The van der Waals surface area contributed by atoms with Crippen LogP contribution in [0.15, 0.2) is 40.1 Å². The van der Waals surface area contributed by atoms with Gasteiger partial charge in [0.15, 0.2) is 6.23 Å². The summed E-state index contributed by atoms with van der Waals surface area (Å²) >= 11 is 5.77. The number of benzene rings is 1. The molecule has 3 heterocycles. The maximum absolute atomic E-state index is 12.2. The Morgan fingerprint density at radius 2 is 2.07 bits per heavy atom. The minimum atomic E-state index is -1.32. The smallest absolute Gasteiger partial charge is 0.330 e. The molecule has 0 saturated carbocycles. The van der Waals surface area contributed by atoms with Gasteiger partial charge in [0.05, 0.1) is 13.2 Å². The molecule has 1 spiro atoms. The lowest BCUT2D eigenvalue weighted by molar-refractivity contribution is -0.284. The number of alkyl halides is 1. The van der Waals surface area contributed by atoms with Gasteiger partial charge in [-0.2, -0.15) is 0 Å². The molecule has 8 nitrogen and oxygen atoms in total. The van der Waals surface area contributed by atoms with Crippen LogP contribution in [0.1, 0.15) is 29.3 Å². The highest BCUT2D eigenvalue weighted by molar-refractivity contribution is 6.17. The van der Waals surface area contributed by atoms with E-state index < -0.39 is 35.3 Å². The van der Waals surface area contributed by atoms with Crippen molar-refractivity contribution in [2.24, 2.45) is 0 Å². The summed E-state index contributed by atoms with van der Waals surface area (Å²) in [6, 6.07) is 7.25. The minimum absolute atomic E-state index is 0.115. The van der Waals surface area contributed by atoms with Crippen molar-refractivity contribution in [2.45, 2.75) is 49.9 Å².